The van der Waals surface area contributed by atoms with Gasteiger partial charge in [0.25, 0.3) is 0 Å². The first-order valence-corrected chi connectivity index (χ1v) is 6.14. The highest BCUT2D eigenvalue weighted by atomic mass is 32.1. The lowest BCUT2D eigenvalue weighted by molar-refractivity contribution is 1.42. The Labute approximate surface area is 110 Å². The third kappa shape index (κ3) is 1.69. The van der Waals surface area contributed by atoms with Crippen molar-refractivity contribution in [2.24, 2.45) is 5.73 Å². The smallest absolute Gasteiger partial charge is 0.121 e. The molecule has 3 rings (SSSR count). The Morgan fingerprint density at radius 3 is 2.33 bits per heavy atom. The predicted octanol–water partition coefficient (Wildman–Crippen LogP) is 3.47. The van der Waals surface area contributed by atoms with Crippen molar-refractivity contribution in [3.05, 3.63) is 60.3 Å². The molecule has 0 aliphatic carbocycles. The normalized spacial score (nSPS) is 10.7. The SMILES string of the molecule is NC(=S)c1[nH]c2ccccc2c1-c1ccccc1. The summed E-state index contributed by atoms with van der Waals surface area (Å²) in [4.78, 5) is 3.69. The van der Waals surface area contributed by atoms with Crippen LogP contribution in [0.2, 0.25) is 0 Å². The van der Waals surface area contributed by atoms with Gasteiger partial charge < -0.3 is 10.7 Å². The van der Waals surface area contributed by atoms with Gasteiger partial charge in [-0.3, -0.25) is 0 Å². The molecule has 0 saturated carbocycles. The van der Waals surface area contributed by atoms with Gasteiger partial charge in [-0.05, 0) is 11.6 Å². The van der Waals surface area contributed by atoms with Crippen molar-refractivity contribution in [3.63, 3.8) is 0 Å². The van der Waals surface area contributed by atoms with Gasteiger partial charge in [-0.2, -0.15) is 0 Å². The van der Waals surface area contributed by atoms with Gasteiger partial charge in [0.2, 0.25) is 0 Å². The van der Waals surface area contributed by atoms with E-state index in [1.807, 2.05) is 36.4 Å². The monoisotopic (exact) mass is 252 g/mol. The van der Waals surface area contributed by atoms with Crippen LogP contribution in [-0.2, 0) is 0 Å². The summed E-state index contributed by atoms with van der Waals surface area (Å²) in [6.07, 6.45) is 0. The van der Waals surface area contributed by atoms with E-state index in [0.29, 0.717) is 4.99 Å². The van der Waals surface area contributed by atoms with E-state index in [0.717, 1.165) is 27.7 Å². The number of nitrogens with two attached hydrogens (primary N) is 1. The molecule has 0 unspecified atom stereocenters. The first-order valence-electron chi connectivity index (χ1n) is 5.73. The number of aromatic amines is 1. The number of nitrogens with one attached hydrogen (secondary N) is 1. The van der Waals surface area contributed by atoms with Crippen LogP contribution in [0.1, 0.15) is 5.69 Å². The van der Waals surface area contributed by atoms with E-state index < -0.39 is 0 Å². The number of hydrogen-bond donors (Lipinski definition) is 2. The minimum Gasteiger partial charge on any atom is -0.388 e. The fourth-order valence-electron chi connectivity index (χ4n) is 2.23. The van der Waals surface area contributed by atoms with Gasteiger partial charge in [0.15, 0.2) is 0 Å². The molecule has 2 aromatic carbocycles. The van der Waals surface area contributed by atoms with E-state index in [9.17, 15) is 0 Å². The maximum absolute atomic E-state index is 5.82. The Morgan fingerprint density at radius 1 is 0.944 bits per heavy atom. The van der Waals surface area contributed by atoms with Crippen LogP contribution in [0.25, 0.3) is 22.0 Å². The molecule has 0 fully saturated rings. The van der Waals surface area contributed by atoms with Crippen molar-refractivity contribution in [3.8, 4) is 11.1 Å². The summed E-state index contributed by atoms with van der Waals surface area (Å²) in [5.74, 6) is 0. The Bertz CT molecular complexity index is 714. The second-order valence-electron chi connectivity index (χ2n) is 4.15. The molecule has 3 heteroatoms. The molecular formula is C15H12N2S. The van der Waals surface area contributed by atoms with Crippen molar-refractivity contribution < 1.29 is 0 Å². The van der Waals surface area contributed by atoms with Crippen molar-refractivity contribution in [1.82, 2.24) is 4.98 Å². The van der Waals surface area contributed by atoms with Gasteiger partial charge in [0, 0.05) is 16.5 Å². The first kappa shape index (κ1) is 11.0. The zero-order valence-electron chi connectivity index (χ0n) is 9.68. The zero-order chi connectivity index (χ0) is 12.5. The van der Waals surface area contributed by atoms with Gasteiger partial charge in [0.1, 0.15) is 4.99 Å². The van der Waals surface area contributed by atoms with Gasteiger partial charge in [0.05, 0.1) is 5.69 Å². The molecule has 0 radical (unpaired) electrons. The van der Waals surface area contributed by atoms with Gasteiger partial charge in [-0.1, -0.05) is 60.7 Å². The summed E-state index contributed by atoms with van der Waals surface area (Å²) in [6, 6.07) is 18.3. The van der Waals surface area contributed by atoms with Crippen molar-refractivity contribution in [1.29, 1.82) is 0 Å². The molecule has 0 amide bonds. The Balaban J connectivity index is 2.38. The molecule has 0 aliphatic rings. The van der Waals surface area contributed by atoms with Crippen LogP contribution in [0.4, 0.5) is 0 Å². The van der Waals surface area contributed by atoms with Crippen LogP contribution >= 0.6 is 12.2 Å². The number of rotatable bonds is 2. The fourth-order valence-corrected chi connectivity index (χ4v) is 2.38. The standard InChI is InChI=1S/C15H12N2S/c16-15(18)14-13(10-6-2-1-3-7-10)11-8-4-5-9-12(11)17-14/h1-9,17H,(H2,16,18). The first-order chi connectivity index (χ1) is 8.77. The van der Waals surface area contributed by atoms with Crippen LogP contribution in [0.15, 0.2) is 54.6 Å². The Morgan fingerprint density at radius 2 is 1.61 bits per heavy atom. The second kappa shape index (κ2) is 4.27. The Hall–Kier alpha value is -2.13. The summed E-state index contributed by atoms with van der Waals surface area (Å²) >= 11 is 5.14. The van der Waals surface area contributed by atoms with Crippen LogP contribution in [0, 0.1) is 0 Å². The summed E-state index contributed by atoms with van der Waals surface area (Å²) in [7, 11) is 0. The molecule has 88 valence electrons. The lowest BCUT2D eigenvalue weighted by atomic mass is 10.0. The molecule has 0 saturated heterocycles. The third-order valence-electron chi connectivity index (χ3n) is 3.01. The zero-order valence-corrected chi connectivity index (χ0v) is 10.5. The maximum atomic E-state index is 5.82. The van der Waals surface area contributed by atoms with E-state index in [1.54, 1.807) is 0 Å². The van der Waals surface area contributed by atoms with E-state index in [1.165, 1.54) is 0 Å². The van der Waals surface area contributed by atoms with E-state index in [-0.39, 0.29) is 0 Å². The average molecular weight is 252 g/mol. The molecule has 0 bridgehead atoms. The molecular weight excluding hydrogens is 240 g/mol. The molecule has 3 aromatic rings. The number of H-pyrrole nitrogens is 1. The minimum absolute atomic E-state index is 0.394. The van der Waals surface area contributed by atoms with Crippen LogP contribution < -0.4 is 5.73 Å². The number of aromatic nitrogens is 1. The lowest BCUT2D eigenvalue weighted by Crippen LogP contribution is -2.10. The quantitative estimate of drug-likeness (QED) is 0.686. The molecule has 0 atom stereocenters. The highest BCUT2D eigenvalue weighted by Gasteiger charge is 2.14. The molecule has 0 spiro atoms. The summed E-state index contributed by atoms with van der Waals surface area (Å²) < 4.78 is 0. The maximum Gasteiger partial charge on any atom is 0.121 e. The van der Waals surface area contributed by atoms with Gasteiger partial charge >= 0.3 is 0 Å². The number of benzene rings is 2. The highest BCUT2D eigenvalue weighted by molar-refractivity contribution is 7.80. The number of para-hydroxylation sites is 1. The minimum atomic E-state index is 0.394. The number of fused-ring (bicyclic) bond motifs is 1. The number of thiocarbonyl (C=S) groups is 1. The molecule has 3 N–H and O–H groups in total. The summed E-state index contributed by atoms with van der Waals surface area (Å²) in [5, 5.41) is 1.14. The summed E-state index contributed by atoms with van der Waals surface area (Å²) in [6.45, 7) is 0. The third-order valence-corrected chi connectivity index (χ3v) is 3.22. The fraction of sp³-hybridized carbons (Fsp3) is 0. The van der Waals surface area contributed by atoms with E-state index in [4.69, 9.17) is 18.0 Å². The molecule has 18 heavy (non-hydrogen) atoms. The Kier molecular flexibility index (Phi) is 2.61. The highest BCUT2D eigenvalue weighted by Crippen LogP contribution is 2.32. The van der Waals surface area contributed by atoms with Crippen molar-refractivity contribution in [2.75, 3.05) is 0 Å². The van der Waals surface area contributed by atoms with Crippen molar-refractivity contribution >= 4 is 28.1 Å². The average Bonchev–Trinajstić information content (AvgIpc) is 2.79. The van der Waals surface area contributed by atoms with Crippen LogP contribution in [-0.4, -0.2) is 9.97 Å². The van der Waals surface area contributed by atoms with Crippen LogP contribution in [0.5, 0.6) is 0 Å². The van der Waals surface area contributed by atoms with Crippen molar-refractivity contribution in [2.45, 2.75) is 0 Å². The topological polar surface area (TPSA) is 41.8 Å². The van der Waals surface area contributed by atoms with Crippen LogP contribution in [0.3, 0.4) is 0 Å². The predicted molar refractivity (Wildman–Crippen MR) is 79.6 cm³/mol. The van der Waals surface area contributed by atoms with Gasteiger partial charge in [-0.25, -0.2) is 0 Å². The molecule has 2 nitrogen and oxygen atoms in total. The van der Waals surface area contributed by atoms with E-state index in [2.05, 4.69) is 23.2 Å². The molecule has 0 aliphatic heterocycles. The molecule has 1 aromatic heterocycles. The van der Waals surface area contributed by atoms with Gasteiger partial charge in [-0.15, -0.1) is 0 Å². The molecule has 1 heterocycles. The number of hydrogen-bond acceptors (Lipinski definition) is 1. The summed E-state index contributed by atoms with van der Waals surface area (Å²) in [5.41, 5.74) is 9.91. The second-order valence-corrected chi connectivity index (χ2v) is 4.59. The largest absolute Gasteiger partial charge is 0.388 e. The van der Waals surface area contributed by atoms with E-state index >= 15 is 0 Å². The lowest BCUT2D eigenvalue weighted by Gasteiger charge is -2.03.